The van der Waals surface area contributed by atoms with E-state index in [9.17, 15) is 22.8 Å². The molecule has 2 aromatic rings. The Morgan fingerprint density at radius 2 is 1.71 bits per heavy atom. The Kier molecular flexibility index (Phi) is 7.90. The summed E-state index contributed by atoms with van der Waals surface area (Å²) < 4.78 is 51.1. The summed E-state index contributed by atoms with van der Waals surface area (Å²) in [7, 11) is 0. The van der Waals surface area contributed by atoms with Crippen molar-refractivity contribution < 1.29 is 32.2 Å². The number of fused-ring (bicyclic) bond motifs is 4. The molecule has 10 heteroatoms. The fourth-order valence-electron chi connectivity index (χ4n) is 5.41. The van der Waals surface area contributed by atoms with E-state index in [4.69, 9.17) is 9.47 Å². The predicted octanol–water partition coefficient (Wildman–Crippen LogP) is 3.87. The Hall–Kier alpha value is -3.11. The van der Waals surface area contributed by atoms with Gasteiger partial charge in [0.05, 0.1) is 29.9 Å². The molecule has 2 bridgehead atoms. The van der Waals surface area contributed by atoms with Crippen LogP contribution in [0.5, 0.6) is 5.75 Å². The van der Waals surface area contributed by atoms with Gasteiger partial charge in [-0.3, -0.25) is 14.5 Å². The third-order valence-corrected chi connectivity index (χ3v) is 7.47. The normalized spacial score (nSPS) is 25.4. The number of carbonyl (C=O) groups excluding carboxylic acids is 2. The van der Waals surface area contributed by atoms with Crippen molar-refractivity contribution in [2.24, 2.45) is 0 Å². The van der Waals surface area contributed by atoms with Crippen molar-refractivity contribution in [2.45, 2.75) is 56.7 Å². The Labute approximate surface area is 219 Å². The summed E-state index contributed by atoms with van der Waals surface area (Å²) >= 11 is 0. The summed E-state index contributed by atoms with van der Waals surface area (Å²) in [6, 6.07) is 11.3. The topological polar surface area (TPSA) is 71.1 Å². The highest BCUT2D eigenvalue weighted by Gasteiger charge is 2.37. The second-order valence-electron chi connectivity index (χ2n) is 10.1. The van der Waals surface area contributed by atoms with Crippen molar-refractivity contribution >= 4 is 11.8 Å². The Balaban J connectivity index is 1.37. The lowest BCUT2D eigenvalue weighted by atomic mass is 10.0. The molecule has 1 N–H and O–H groups in total. The molecule has 0 radical (unpaired) electrons. The number of halogens is 3. The van der Waals surface area contributed by atoms with E-state index in [1.165, 1.54) is 12.1 Å². The molecule has 3 atom stereocenters. The zero-order valence-electron chi connectivity index (χ0n) is 21.1. The molecule has 3 aliphatic rings. The molecule has 0 aliphatic carbocycles. The third kappa shape index (κ3) is 6.13. The van der Waals surface area contributed by atoms with Crippen molar-refractivity contribution in [1.82, 2.24) is 15.1 Å². The van der Waals surface area contributed by atoms with Crippen LogP contribution < -0.4 is 10.1 Å². The number of para-hydroxylation sites is 1. The summed E-state index contributed by atoms with van der Waals surface area (Å²) in [6.07, 6.45) is -0.936. The van der Waals surface area contributed by atoms with Crippen LogP contribution in [0.4, 0.5) is 13.2 Å². The first-order chi connectivity index (χ1) is 18.3. The number of carbonyl (C=O) groups is 2. The van der Waals surface area contributed by atoms with Crippen LogP contribution in [0.3, 0.4) is 0 Å². The number of amides is 2. The fraction of sp³-hybridized carbons (Fsp3) is 0.500. The number of nitrogens with zero attached hydrogens (tertiary/aromatic N) is 2. The summed E-state index contributed by atoms with van der Waals surface area (Å²) in [5.41, 5.74) is 0.413. The van der Waals surface area contributed by atoms with E-state index in [1.54, 1.807) is 23.1 Å². The highest BCUT2D eigenvalue weighted by molar-refractivity contribution is 6.00. The van der Waals surface area contributed by atoms with Gasteiger partial charge in [0, 0.05) is 39.1 Å². The van der Waals surface area contributed by atoms with E-state index >= 15 is 0 Å². The first-order valence-corrected chi connectivity index (χ1v) is 13.1. The van der Waals surface area contributed by atoms with Crippen molar-refractivity contribution in [3.05, 3.63) is 65.2 Å². The summed E-state index contributed by atoms with van der Waals surface area (Å²) in [5, 5.41) is 3.00. The van der Waals surface area contributed by atoms with E-state index in [2.05, 4.69) is 5.32 Å². The van der Waals surface area contributed by atoms with E-state index in [0.29, 0.717) is 56.1 Å². The molecule has 2 aromatic carbocycles. The SMILES string of the molecule is O=C1NC[C@@H]2CCC[C@@H](CCOc3ccccc3C(=O)N3CCN(Cc4ccc(C(F)(F)F)cc4)C[C@@H]13)O2. The van der Waals surface area contributed by atoms with Gasteiger partial charge >= 0.3 is 6.18 Å². The molecule has 2 amide bonds. The zero-order chi connectivity index (χ0) is 26.7. The van der Waals surface area contributed by atoms with Crippen LogP contribution in [-0.4, -0.2) is 72.6 Å². The maximum Gasteiger partial charge on any atom is 0.416 e. The average molecular weight is 532 g/mol. The van der Waals surface area contributed by atoms with Gasteiger partial charge in [0.1, 0.15) is 11.8 Å². The minimum Gasteiger partial charge on any atom is -0.493 e. The zero-order valence-corrected chi connectivity index (χ0v) is 21.1. The lowest BCUT2D eigenvalue weighted by Gasteiger charge is -2.41. The minimum absolute atomic E-state index is 0.0434. The van der Waals surface area contributed by atoms with E-state index < -0.39 is 17.8 Å². The number of hydrogen-bond donors (Lipinski definition) is 1. The van der Waals surface area contributed by atoms with Gasteiger partial charge in [0.2, 0.25) is 5.91 Å². The van der Waals surface area contributed by atoms with Gasteiger partial charge in [-0.15, -0.1) is 0 Å². The van der Waals surface area contributed by atoms with Crippen molar-refractivity contribution in [3.63, 3.8) is 0 Å². The number of rotatable bonds is 2. The van der Waals surface area contributed by atoms with Gasteiger partial charge in [-0.2, -0.15) is 13.2 Å². The standard InChI is InChI=1S/C28H32F3N3O4/c29-28(30,31)20-10-8-19(9-11-20)17-33-13-14-34-24(18-33)26(35)32-16-22-5-3-4-21(38-22)12-15-37-25-7-2-1-6-23(25)27(34)36/h1-2,6-11,21-22,24H,3-5,12-18H2,(H,32,35)/t21-,22-,24-/m0/s1. The third-order valence-electron chi connectivity index (χ3n) is 7.47. The van der Waals surface area contributed by atoms with Crippen LogP contribution in [0.15, 0.2) is 48.5 Å². The highest BCUT2D eigenvalue weighted by atomic mass is 19.4. The largest absolute Gasteiger partial charge is 0.493 e. The predicted molar refractivity (Wildman–Crippen MR) is 134 cm³/mol. The number of benzene rings is 2. The summed E-state index contributed by atoms with van der Waals surface area (Å²) in [5.74, 6) is -0.0617. The fourth-order valence-corrected chi connectivity index (χ4v) is 5.41. The second-order valence-corrected chi connectivity index (χ2v) is 10.1. The van der Waals surface area contributed by atoms with Crippen molar-refractivity contribution in [2.75, 3.05) is 32.8 Å². The van der Waals surface area contributed by atoms with E-state index in [1.807, 2.05) is 11.0 Å². The van der Waals surface area contributed by atoms with Gasteiger partial charge in [0.15, 0.2) is 0 Å². The Morgan fingerprint density at radius 3 is 2.50 bits per heavy atom. The van der Waals surface area contributed by atoms with Gasteiger partial charge in [-0.1, -0.05) is 24.3 Å². The number of ether oxygens (including phenoxy) is 2. The number of hydrogen-bond acceptors (Lipinski definition) is 5. The highest BCUT2D eigenvalue weighted by Crippen LogP contribution is 2.30. The second kappa shape index (κ2) is 11.3. The van der Waals surface area contributed by atoms with Crippen LogP contribution in [0.25, 0.3) is 0 Å². The number of piperazine rings is 1. The van der Waals surface area contributed by atoms with Crippen LogP contribution in [0.2, 0.25) is 0 Å². The van der Waals surface area contributed by atoms with Crippen molar-refractivity contribution in [1.29, 1.82) is 0 Å². The molecule has 7 nitrogen and oxygen atoms in total. The number of alkyl halides is 3. The number of nitrogens with one attached hydrogen (secondary N) is 1. The maximum atomic E-state index is 13.7. The molecule has 38 heavy (non-hydrogen) atoms. The molecule has 0 spiro atoms. The molecule has 5 rings (SSSR count). The first-order valence-electron chi connectivity index (χ1n) is 13.1. The molecule has 2 saturated heterocycles. The van der Waals surface area contributed by atoms with E-state index in [-0.39, 0.29) is 30.6 Å². The molecule has 0 unspecified atom stereocenters. The summed E-state index contributed by atoms with van der Waals surface area (Å²) in [4.78, 5) is 30.7. The molecule has 3 aliphatic heterocycles. The molecule has 0 saturated carbocycles. The van der Waals surface area contributed by atoms with Crippen molar-refractivity contribution in [3.8, 4) is 5.75 Å². The molecule has 3 heterocycles. The summed E-state index contributed by atoms with van der Waals surface area (Å²) in [6.45, 7) is 2.20. The van der Waals surface area contributed by atoms with Crippen LogP contribution >= 0.6 is 0 Å². The average Bonchev–Trinajstić information content (AvgIpc) is 2.91. The lowest BCUT2D eigenvalue weighted by molar-refractivity contribution is -0.137. The Bertz CT molecular complexity index is 1140. The molecule has 2 fully saturated rings. The minimum atomic E-state index is -4.39. The first kappa shape index (κ1) is 26.5. The Morgan fingerprint density at radius 1 is 0.947 bits per heavy atom. The monoisotopic (exact) mass is 531 g/mol. The smallest absolute Gasteiger partial charge is 0.416 e. The van der Waals surface area contributed by atoms with Gasteiger partial charge in [0.25, 0.3) is 5.91 Å². The quantitative estimate of drug-likeness (QED) is 0.637. The van der Waals surface area contributed by atoms with Gasteiger partial charge < -0.3 is 19.7 Å². The molecular formula is C28H32F3N3O4. The van der Waals surface area contributed by atoms with Gasteiger partial charge in [-0.25, -0.2) is 0 Å². The van der Waals surface area contributed by atoms with E-state index in [0.717, 1.165) is 31.4 Å². The lowest BCUT2D eigenvalue weighted by Crippen LogP contribution is -2.61. The molecular weight excluding hydrogens is 499 g/mol. The van der Waals surface area contributed by atoms with Crippen LogP contribution in [0, 0.1) is 0 Å². The van der Waals surface area contributed by atoms with Gasteiger partial charge in [-0.05, 0) is 49.1 Å². The molecule has 0 aromatic heterocycles. The molecule has 204 valence electrons. The maximum absolute atomic E-state index is 13.7. The van der Waals surface area contributed by atoms with Crippen LogP contribution in [-0.2, 0) is 22.3 Å². The van der Waals surface area contributed by atoms with Crippen LogP contribution in [0.1, 0.15) is 47.2 Å².